The molecule has 25 heavy (non-hydrogen) atoms. The van der Waals surface area contributed by atoms with Crippen LogP contribution in [0, 0.1) is 10.1 Å². The zero-order valence-corrected chi connectivity index (χ0v) is 13.8. The number of aromatic nitrogens is 2. The number of anilines is 1. The second kappa shape index (κ2) is 7.18. The Balaban J connectivity index is 1.61. The van der Waals surface area contributed by atoms with Crippen molar-refractivity contribution in [1.29, 1.82) is 0 Å². The molecule has 128 valence electrons. The fraction of sp³-hybridized carbons (Fsp3) is 0.125. The van der Waals surface area contributed by atoms with Crippen molar-refractivity contribution in [2.75, 3.05) is 11.9 Å². The molecule has 0 aliphatic heterocycles. The molecule has 0 aliphatic carbocycles. The first kappa shape index (κ1) is 16.7. The Labute approximate surface area is 147 Å². The zero-order valence-electron chi connectivity index (χ0n) is 13.1. The summed E-state index contributed by atoms with van der Waals surface area (Å²) in [6.45, 7) is 0.477. The monoisotopic (exact) mass is 358 g/mol. The highest BCUT2D eigenvalue weighted by molar-refractivity contribution is 6.31. The predicted octanol–water partition coefficient (Wildman–Crippen LogP) is 3.09. The highest BCUT2D eigenvalue weighted by Crippen LogP contribution is 2.22. The summed E-state index contributed by atoms with van der Waals surface area (Å²) in [5, 5.41) is 15.1. The Bertz CT molecular complexity index is 935. The van der Waals surface area contributed by atoms with E-state index in [1.165, 1.54) is 12.1 Å². The van der Waals surface area contributed by atoms with Crippen molar-refractivity contribution in [2.45, 2.75) is 6.42 Å². The van der Waals surface area contributed by atoms with Crippen molar-refractivity contribution in [2.24, 2.45) is 10.7 Å². The third kappa shape index (κ3) is 4.04. The molecule has 0 spiro atoms. The molecule has 3 rings (SSSR count). The molecule has 0 saturated carbocycles. The molecule has 0 fully saturated rings. The van der Waals surface area contributed by atoms with Crippen LogP contribution in [0.1, 0.15) is 5.56 Å². The Kier molecular flexibility index (Phi) is 4.80. The summed E-state index contributed by atoms with van der Waals surface area (Å²) >= 11 is 6.03. The summed E-state index contributed by atoms with van der Waals surface area (Å²) in [6.07, 6.45) is 3.78. The summed E-state index contributed by atoms with van der Waals surface area (Å²) < 4.78 is 0. The van der Waals surface area contributed by atoms with Gasteiger partial charge in [0.15, 0.2) is 5.96 Å². The van der Waals surface area contributed by atoms with Gasteiger partial charge in [-0.15, -0.1) is 0 Å². The molecule has 8 nitrogen and oxygen atoms in total. The average Bonchev–Trinajstić information content (AvgIpc) is 2.97. The van der Waals surface area contributed by atoms with E-state index in [-0.39, 0.29) is 11.6 Å². The van der Waals surface area contributed by atoms with Gasteiger partial charge in [0.05, 0.1) is 4.92 Å². The maximum atomic E-state index is 10.6. The molecule has 0 atom stereocenters. The van der Waals surface area contributed by atoms with Gasteiger partial charge in [-0.2, -0.15) is 0 Å². The van der Waals surface area contributed by atoms with E-state index in [4.69, 9.17) is 17.3 Å². The first-order chi connectivity index (χ1) is 12.0. The van der Waals surface area contributed by atoms with Gasteiger partial charge in [-0.05, 0) is 36.2 Å². The van der Waals surface area contributed by atoms with Gasteiger partial charge in [0.2, 0.25) is 0 Å². The van der Waals surface area contributed by atoms with Crippen LogP contribution in [0.4, 0.5) is 11.5 Å². The lowest BCUT2D eigenvalue weighted by molar-refractivity contribution is -0.385. The molecule has 0 aliphatic rings. The maximum absolute atomic E-state index is 10.6. The zero-order chi connectivity index (χ0) is 17.8. The summed E-state index contributed by atoms with van der Waals surface area (Å²) in [4.78, 5) is 21.4. The van der Waals surface area contributed by atoms with Gasteiger partial charge in [0.25, 0.3) is 5.69 Å². The Hall–Kier alpha value is -3.13. The van der Waals surface area contributed by atoms with Crippen molar-refractivity contribution < 1.29 is 4.92 Å². The SMILES string of the molecule is NC(=NCCc1c[nH]c2ccc(Cl)cc12)Nc1ccc([N+](=O)[O-])cn1. The average molecular weight is 359 g/mol. The summed E-state index contributed by atoms with van der Waals surface area (Å²) in [7, 11) is 0. The third-order valence-electron chi connectivity index (χ3n) is 3.61. The molecule has 9 heteroatoms. The molecule has 1 aromatic carbocycles. The van der Waals surface area contributed by atoms with Crippen LogP contribution < -0.4 is 11.1 Å². The van der Waals surface area contributed by atoms with Crippen LogP contribution in [-0.2, 0) is 6.42 Å². The van der Waals surface area contributed by atoms with Crippen LogP contribution in [0.5, 0.6) is 0 Å². The van der Waals surface area contributed by atoms with Crippen LogP contribution in [0.3, 0.4) is 0 Å². The van der Waals surface area contributed by atoms with Gasteiger partial charge in [-0.25, -0.2) is 4.98 Å². The number of fused-ring (bicyclic) bond motifs is 1. The smallest absolute Gasteiger partial charge is 0.287 e. The third-order valence-corrected chi connectivity index (χ3v) is 3.84. The van der Waals surface area contributed by atoms with E-state index >= 15 is 0 Å². The van der Waals surface area contributed by atoms with Gasteiger partial charge in [-0.3, -0.25) is 15.1 Å². The van der Waals surface area contributed by atoms with E-state index in [0.29, 0.717) is 23.8 Å². The number of rotatable bonds is 5. The highest BCUT2D eigenvalue weighted by Gasteiger charge is 2.06. The van der Waals surface area contributed by atoms with Gasteiger partial charge in [-0.1, -0.05) is 11.6 Å². The lowest BCUT2D eigenvalue weighted by atomic mass is 10.1. The largest absolute Gasteiger partial charge is 0.370 e. The van der Waals surface area contributed by atoms with Crippen molar-refractivity contribution in [1.82, 2.24) is 9.97 Å². The standard InChI is InChI=1S/C16H15ClN6O2/c17-11-1-3-14-13(7-11)10(8-20-14)5-6-19-16(18)22-15-4-2-12(9-21-15)23(24)25/h1-4,7-9,20H,5-6H2,(H3,18,19,21,22). The van der Waals surface area contributed by atoms with Crippen LogP contribution >= 0.6 is 11.6 Å². The molecule has 0 saturated heterocycles. The van der Waals surface area contributed by atoms with Crippen LogP contribution in [-0.4, -0.2) is 27.4 Å². The number of halogens is 1. The van der Waals surface area contributed by atoms with Gasteiger partial charge >= 0.3 is 0 Å². The van der Waals surface area contributed by atoms with Gasteiger partial charge in [0.1, 0.15) is 12.0 Å². The van der Waals surface area contributed by atoms with Crippen molar-refractivity contribution in [3.05, 3.63) is 63.4 Å². The highest BCUT2D eigenvalue weighted by atomic mass is 35.5. The number of benzene rings is 1. The summed E-state index contributed by atoms with van der Waals surface area (Å²) in [5.41, 5.74) is 7.85. The first-order valence-corrected chi connectivity index (χ1v) is 7.83. The lowest BCUT2D eigenvalue weighted by Crippen LogP contribution is -2.23. The molecule has 0 bridgehead atoms. The Morgan fingerprint density at radius 2 is 2.24 bits per heavy atom. The van der Waals surface area contributed by atoms with Crippen LogP contribution in [0.25, 0.3) is 10.9 Å². The van der Waals surface area contributed by atoms with E-state index in [9.17, 15) is 10.1 Å². The van der Waals surface area contributed by atoms with E-state index < -0.39 is 4.92 Å². The predicted molar refractivity (Wildman–Crippen MR) is 98.0 cm³/mol. The van der Waals surface area contributed by atoms with Crippen molar-refractivity contribution in [3.63, 3.8) is 0 Å². The second-order valence-corrected chi connectivity index (χ2v) is 5.74. The topological polar surface area (TPSA) is 122 Å². The first-order valence-electron chi connectivity index (χ1n) is 7.46. The van der Waals surface area contributed by atoms with E-state index in [0.717, 1.165) is 22.7 Å². The number of guanidine groups is 1. The quantitative estimate of drug-likeness (QED) is 0.280. The molecule has 0 unspecified atom stereocenters. The van der Waals surface area contributed by atoms with Gasteiger partial charge in [0, 0.05) is 34.7 Å². The number of nitro groups is 1. The van der Waals surface area contributed by atoms with E-state index in [1.54, 1.807) is 0 Å². The number of hydrogen-bond acceptors (Lipinski definition) is 4. The number of hydrogen-bond donors (Lipinski definition) is 3. The molecule has 0 radical (unpaired) electrons. The minimum absolute atomic E-state index is 0.0842. The fourth-order valence-electron chi connectivity index (χ4n) is 2.39. The van der Waals surface area contributed by atoms with Crippen molar-refractivity contribution in [3.8, 4) is 0 Å². The fourth-order valence-corrected chi connectivity index (χ4v) is 2.57. The molecule has 2 aromatic heterocycles. The van der Waals surface area contributed by atoms with E-state index in [2.05, 4.69) is 20.3 Å². The Morgan fingerprint density at radius 3 is 2.96 bits per heavy atom. The van der Waals surface area contributed by atoms with Crippen LogP contribution in [0.2, 0.25) is 5.02 Å². The molecule has 3 aromatic rings. The normalized spacial score (nSPS) is 11.6. The Morgan fingerprint density at radius 1 is 1.40 bits per heavy atom. The molecule has 0 amide bonds. The van der Waals surface area contributed by atoms with Crippen molar-refractivity contribution >= 4 is 40.0 Å². The molecule has 2 heterocycles. The molecule has 4 N–H and O–H groups in total. The van der Waals surface area contributed by atoms with E-state index in [1.807, 2.05) is 24.4 Å². The molecular formula is C16H15ClN6O2. The van der Waals surface area contributed by atoms with Gasteiger partial charge < -0.3 is 16.0 Å². The maximum Gasteiger partial charge on any atom is 0.287 e. The lowest BCUT2D eigenvalue weighted by Gasteiger charge is -2.04. The summed E-state index contributed by atoms with van der Waals surface area (Å²) in [6, 6.07) is 8.50. The number of aliphatic imine (C=N–C) groups is 1. The minimum Gasteiger partial charge on any atom is -0.370 e. The number of H-pyrrole nitrogens is 1. The summed E-state index contributed by atoms with van der Waals surface area (Å²) in [5.74, 6) is 0.588. The number of nitrogens with zero attached hydrogens (tertiary/aromatic N) is 3. The molecular weight excluding hydrogens is 344 g/mol. The van der Waals surface area contributed by atoms with Crippen LogP contribution in [0.15, 0.2) is 47.7 Å². The second-order valence-electron chi connectivity index (χ2n) is 5.30. The minimum atomic E-state index is -0.512. The number of nitrogens with one attached hydrogen (secondary N) is 2. The number of aromatic amines is 1. The number of pyridine rings is 1. The number of nitrogens with two attached hydrogens (primary N) is 1.